The van der Waals surface area contributed by atoms with Gasteiger partial charge in [0, 0.05) is 50.8 Å². The van der Waals surface area contributed by atoms with Gasteiger partial charge in [-0.25, -0.2) is 9.18 Å². The van der Waals surface area contributed by atoms with Crippen LogP contribution in [-0.2, 0) is 20.9 Å². The number of halogens is 1. The first kappa shape index (κ1) is 30.6. The Morgan fingerprint density at radius 1 is 1.02 bits per heavy atom. The standard InChI is InChI=1S/C32H42FN5O5/c1-42-29-20-28(25(33)19-27(29)35-26-7-8-30(39)36-31(26)40)38-17-10-22(11-18-38)9-14-37-15-12-24(13-16-37)34-32(41)43-21-23-5-3-2-4-6-23/h2-6,19-20,22,24,26,35H,7-18,21H2,1H3,(H,34,41)(H,36,39,40). The molecule has 1 atom stereocenters. The van der Waals surface area contributed by atoms with Gasteiger partial charge in [-0.2, -0.15) is 0 Å². The number of imide groups is 1. The van der Waals surface area contributed by atoms with Gasteiger partial charge in [-0.15, -0.1) is 0 Å². The van der Waals surface area contributed by atoms with E-state index in [1.165, 1.54) is 13.2 Å². The summed E-state index contributed by atoms with van der Waals surface area (Å²) < 4.78 is 26.1. The number of nitrogens with one attached hydrogen (secondary N) is 3. The van der Waals surface area contributed by atoms with Gasteiger partial charge in [-0.05, 0) is 56.6 Å². The highest BCUT2D eigenvalue weighted by Crippen LogP contribution is 2.36. The molecule has 0 aromatic heterocycles. The Bertz CT molecular complexity index is 1260. The van der Waals surface area contributed by atoms with E-state index in [1.807, 2.05) is 30.3 Å². The number of methoxy groups -OCH3 is 1. The second-order valence-electron chi connectivity index (χ2n) is 11.7. The van der Waals surface area contributed by atoms with Gasteiger partial charge >= 0.3 is 6.09 Å². The lowest BCUT2D eigenvalue weighted by molar-refractivity contribution is -0.133. The number of likely N-dealkylation sites (tertiary alicyclic amines) is 1. The molecule has 5 rings (SSSR count). The number of hydrogen-bond donors (Lipinski definition) is 3. The quantitative estimate of drug-likeness (QED) is 0.353. The van der Waals surface area contributed by atoms with Gasteiger partial charge in [0.15, 0.2) is 0 Å². The predicted molar refractivity (Wildman–Crippen MR) is 162 cm³/mol. The molecule has 2 aromatic rings. The van der Waals surface area contributed by atoms with E-state index >= 15 is 4.39 Å². The van der Waals surface area contributed by atoms with Crippen molar-refractivity contribution >= 4 is 29.3 Å². The fourth-order valence-corrected chi connectivity index (χ4v) is 6.15. The number of nitrogens with zero attached hydrogens (tertiary/aromatic N) is 2. The minimum Gasteiger partial charge on any atom is -0.495 e. The largest absolute Gasteiger partial charge is 0.495 e. The summed E-state index contributed by atoms with van der Waals surface area (Å²) in [6.07, 6.45) is 5.14. The summed E-state index contributed by atoms with van der Waals surface area (Å²) >= 11 is 0. The van der Waals surface area contributed by atoms with Crippen LogP contribution in [0.25, 0.3) is 0 Å². The molecule has 2 aromatic carbocycles. The van der Waals surface area contributed by atoms with E-state index in [2.05, 4.69) is 25.8 Å². The van der Waals surface area contributed by atoms with Crippen LogP contribution < -0.4 is 25.6 Å². The number of piperidine rings is 3. The lowest BCUT2D eigenvalue weighted by Gasteiger charge is -2.36. The van der Waals surface area contributed by atoms with Crippen LogP contribution in [0.4, 0.5) is 20.6 Å². The smallest absolute Gasteiger partial charge is 0.407 e. The molecule has 0 aliphatic carbocycles. The van der Waals surface area contributed by atoms with Gasteiger partial charge in [0.25, 0.3) is 0 Å². The highest BCUT2D eigenvalue weighted by atomic mass is 19.1. The number of amides is 3. The highest BCUT2D eigenvalue weighted by molar-refractivity contribution is 6.01. The van der Waals surface area contributed by atoms with Gasteiger partial charge in [-0.1, -0.05) is 30.3 Å². The van der Waals surface area contributed by atoms with Crippen LogP contribution in [-0.4, -0.2) is 74.7 Å². The van der Waals surface area contributed by atoms with Crippen LogP contribution in [0.1, 0.15) is 50.5 Å². The summed E-state index contributed by atoms with van der Waals surface area (Å²) in [5.74, 6) is -0.0283. The van der Waals surface area contributed by atoms with Crippen molar-refractivity contribution in [3.63, 3.8) is 0 Å². The van der Waals surface area contributed by atoms with E-state index in [-0.39, 0.29) is 36.9 Å². The second-order valence-corrected chi connectivity index (χ2v) is 11.7. The van der Waals surface area contributed by atoms with Crippen LogP contribution in [0.15, 0.2) is 42.5 Å². The van der Waals surface area contributed by atoms with E-state index < -0.39 is 11.9 Å². The Morgan fingerprint density at radius 3 is 2.47 bits per heavy atom. The molecule has 3 N–H and O–H groups in total. The molecule has 232 valence electrons. The van der Waals surface area contributed by atoms with Crippen molar-refractivity contribution in [1.82, 2.24) is 15.5 Å². The molecule has 11 heteroatoms. The van der Waals surface area contributed by atoms with E-state index in [9.17, 15) is 14.4 Å². The summed E-state index contributed by atoms with van der Waals surface area (Å²) in [7, 11) is 1.52. The molecule has 3 aliphatic rings. The second kappa shape index (κ2) is 14.5. The van der Waals surface area contributed by atoms with Crippen LogP contribution in [0, 0.1) is 11.7 Å². The molecule has 1 unspecified atom stereocenters. The number of anilines is 2. The summed E-state index contributed by atoms with van der Waals surface area (Å²) in [6, 6.07) is 12.3. The summed E-state index contributed by atoms with van der Waals surface area (Å²) in [6.45, 7) is 4.74. The van der Waals surface area contributed by atoms with Crippen LogP contribution in [0.5, 0.6) is 5.75 Å². The molecule has 0 saturated carbocycles. The van der Waals surface area contributed by atoms with E-state index in [0.717, 1.165) is 70.4 Å². The maximum atomic E-state index is 15.3. The predicted octanol–water partition coefficient (Wildman–Crippen LogP) is 4.05. The van der Waals surface area contributed by atoms with Gasteiger partial charge < -0.3 is 29.9 Å². The lowest BCUT2D eigenvalue weighted by atomic mass is 9.92. The number of ether oxygens (including phenoxy) is 2. The first-order valence-corrected chi connectivity index (χ1v) is 15.3. The van der Waals surface area contributed by atoms with E-state index in [0.29, 0.717) is 29.5 Å². The molecule has 43 heavy (non-hydrogen) atoms. The van der Waals surface area contributed by atoms with Crippen LogP contribution in [0.3, 0.4) is 0 Å². The van der Waals surface area contributed by atoms with Crippen molar-refractivity contribution in [3.05, 3.63) is 53.8 Å². The average molecular weight is 596 g/mol. The molecule has 3 amide bonds. The number of carbonyl (C=O) groups excluding carboxylic acids is 3. The molecule has 0 spiro atoms. The lowest BCUT2D eigenvalue weighted by Crippen LogP contribution is -2.47. The maximum Gasteiger partial charge on any atom is 0.407 e. The molecular formula is C32H42FN5O5. The Morgan fingerprint density at radius 2 is 1.77 bits per heavy atom. The van der Waals surface area contributed by atoms with Crippen molar-refractivity contribution in [3.8, 4) is 5.75 Å². The minimum atomic E-state index is -0.615. The summed E-state index contributed by atoms with van der Waals surface area (Å²) in [5.41, 5.74) is 1.87. The van der Waals surface area contributed by atoms with Gasteiger partial charge in [0.1, 0.15) is 24.2 Å². The van der Waals surface area contributed by atoms with Crippen molar-refractivity contribution in [2.45, 2.75) is 63.6 Å². The molecule has 3 heterocycles. The Balaban J connectivity index is 1.02. The highest BCUT2D eigenvalue weighted by Gasteiger charge is 2.29. The monoisotopic (exact) mass is 595 g/mol. The fourth-order valence-electron chi connectivity index (χ4n) is 6.15. The maximum absolute atomic E-state index is 15.3. The molecular weight excluding hydrogens is 553 g/mol. The van der Waals surface area contributed by atoms with Crippen molar-refractivity contribution < 1.29 is 28.2 Å². The van der Waals surface area contributed by atoms with Crippen molar-refractivity contribution in [2.75, 3.05) is 50.1 Å². The summed E-state index contributed by atoms with van der Waals surface area (Å²) in [5, 5.41) is 8.36. The number of rotatable bonds is 10. The molecule has 3 aliphatic heterocycles. The topological polar surface area (TPSA) is 112 Å². The Kier molecular flexibility index (Phi) is 10.3. The Labute approximate surface area is 252 Å². The fraction of sp³-hybridized carbons (Fsp3) is 0.531. The number of hydrogen-bond acceptors (Lipinski definition) is 8. The number of benzene rings is 2. The first-order chi connectivity index (χ1) is 20.9. The van der Waals surface area contributed by atoms with Crippen molar-refractivity contribution in [1.29, 1.82) is 0 Å². The number of carbonyl (C=O) groups is 3. The molecule has 3 saturated heterocycles. The summed E-state index contributed by atoms with van der Waals surface area (Å²) in [4.78, 5) is 40.3. The average Bonchev–Trinajstić information content (AvgIpc) is 3.02. The third-order valence-electron chi connectivity index (χ3n) is 8.77. The Hall–Kier alpha value is -3.86. The SMILES string of the molecule is COc1cc(N2CCC(CCN3CCC(NC(=O)OCc4ccccc4)CC3)CC2)c(F)cc1NC1CCC(=O)NC1=O. The third-order valence-corrected chi connectivity index (χ3v) is 8.77. The zero-order valence-corrected chi connectivity index (χ0v) is 24.8. The molecule has 10 nitrogen and oxygen atoms in total. The van der Waals surface area contributed by atoms with Crippen LogP contribution >= 0.6 is 0 Å². The molecule has 0 bridgehead atoms. The van der Waals surface area contributed by atoms with Gasteiger partial charge in [0.2, 0.25) is 11.8 Å². The van der Waals surface area contributed by atoms with E-state index in [4.69, 9.17) is 9.47 Å². The van der Waals surface area contributed by atoms with Crippen molar-refractivity contribution in [2.24, 2.45) is 5.92 Å². The van der Waals surface area contributed by atoms with E-state index in [1.54, 1.807) is 6.07 Å². The zero-order valence-electron chi connectivity index (χ0n) is 24.8. The number of alkyl carbamates (subject to hydrolysis) is 1. The van der Waals surface area contributed by atoms with Gasteiger partial charge in [-0.3, -0.25) is 14.9 Å². The first-order valence-electron chi connectivity index (χ1n) is 15.3. The minimum absolute atomic E-state index is 0.139. The third kappa shape index (κ3) is 8.37. The molecule has 3 fully saturated rings. The molecule has 0 radical (unpaired) electrons. The van der Waals surface area contributed by atoms with Crippen LogP contribution in [0.2, 0.25) is 0 Å². The zero-order chi connectivity index (χ0) is 30.2. The normalized spacial score (nSPS) is 20.4. The van der Waals surface area contributed by atoms with Gasteiger partial charge in [0.05, 0.1) is 18.5 Å².